The van der Waals surface area contributed by atoms with Crippen LogP contribution in [0, 0.1) is 20.8 Å². The Hall–Kier alpha value is -3.39. The molecule has 0 saturated heterocycles. The van der Waals surface area contributed by atoms with E-state index in [1.807, 2.05) is 39.0 Å². The fourth-order valence-electron chi connectivity index (χ4n) is 3.91. The number of rotatable bonds is 8. The van der Waals surface area contributed by atoms with Crippen LogP contribution in [0.2, 0.25) is 0 Å². The Bertz CT molecular complexity index is 1050. The second-order valence-corrected chi connectivity index (χ2v) is 7.77. The molecule has 0 fully saturated rings. The first-order valence-electron chi connectivity index (χ1n) is 10.4. The highest BCUT2D eigenvalue weighted by atomic mass is 16.5. The van der Waals surface area contributed by atoms with Crippen LogP contribution in [0.3, 0.4) is 0 Å². The maximum atomic E-state index is 12.7. The molecule has 0 radical (unpaired) electrons. The van der Waals surface area contributed by atoms with Crippen molar-refractivity contribution in [2.75, 3.05) is 11.9 Å². The van der Waals surface area contributed by atoms with Gasteiger partial charge in [-0.3, -0.25) is 19.6 Å². The van der Waals surface area contributed by atoms with Crippen molar-refractivity contribution in [1.29, 1.82) is 0 Å². The Morgan fingerprint density at radius 3 is 2.65 bits per heavy atom. The molecule has 3 amide bonds. The van der Waals surface area contributed by atoms with Gasteiger partial charge < -0.3 is 15.6 Å². The van der Waals surface area contributed by atoms with Crippen molar-refractivity contribution in [2.45, 2.75) is 46.5 Å². The number of benzene rings is 1. The van der Waals surface area contributed by atoms with Crippen LogP contribution in [0.5, 0.6) is 0 Å². The molecule has 0 atom stereocenters. The molecule has 1 aromatic carbocycles. The molecule has 31 heavy (non-hydrogen) atoms. The Morgan fingerprint density at radius 2 is 1.90 bits per heavy atom. The summed E-state index contributed by atoms with van der Waals surface area (Å²) in [5, 5.41) is 14.3. The maximum Gasteiger partial charge on any atom is 0.256 e. The summed E-state index contributed by atoms with van der Waals surface area (Å²) in [6.07, 6.45) is 4.21. The van der Waals surface area contributed by atoms with E-state index < -0.39 is 5.91 Å². The third-order valence-electron chi connectivity index (χ3n) is 5.52. The predicted octanol–water partition coefficient (Wildman–Crippen LogP) is 3.23. The van der Waals surface area contributed by atoms with Gasteiger partial charge in [-0.05, 0) is 56.9 Å². The second kappa shape index (κ2) is 9.61. The van der Waals surface area contributed by atoms with Gasteiger partial charge in [-0.2, -0.15) is 0 Å². The van der Waals surface area contributed by atoms with Gasteiger partial charge in [-0.25, -0.2) is 5.48 Å². The van der Waals surface area contributed by atoms with Gasteiger partial charge in [-0.1, -0.05) is 18.6 Å². The smallest absolute Gasteiger partial charge is 0.256 e. The molecule has 5 N–H and O–H groups in total. The molecule has 0 aliphatic carbocycles. The standard InChI is InChI=1S/C23H28N4O4/c1-13-8-7-9-17-20(13)16(22(29)26-17)12-18-14(2)21(15(3)25-18)23(30)24-11-6-4-5-10-19(28)27-31/h7-9,12,25,31H,4-6,10-11H2,1-3H3,(H,24,30)(H,26,29)(H,27,28)/b16-12-. The van der Waals surface area contributed by atoms with E-state index in [0.717, 1.165) is 46.6 Å². The number of hydrogen-bond donors (Lipinski definition) is 5. The van der Waals surface area contributed by atoms with E-state index in [4.69, 9.17) is 5.21 Å². The minimum absolute atomic E-state index is 0.156. The summed E-state index contributed by atoms with van der Waals surface area (Å²) >= 11 is 0. The number of hydroxylamine groups is 1. The minimum Gasteiger partial charge on any atom is -0.358 e. The van der Waals surface area contributed by atoms with Crippen molar-refractivity contribution in [3.8, 4) is 0 Å². The van der Waals surface area contributed by atoms with Crippen molar-refractivity contribution < 1.29 is 19.6 Å². The molecule has 1 aliphatic rings. The van der Waals surface area contributed by atoms with Crippen molar-refractivity contribution in [3.05, 3.63) is 51.8 Å². The first-order valence-corrected chi connectivity index (χ1v) is 10.4. The van der Waals surface area contributed by atoms with E-state index in [-0.39, 0.29) is 18.2 Å². The number of amides is 3. The fourth-order valence-corrected chi connectivity index (χ4v) is 3.91. The van der Waals surface area contributed by atoms with Gasteiger partial charge in [0.25, 0.3) is 11.8 Å². The van der Waals surface area contributed by atoms with E-state index in [1.54, 1.807) is 11.6 Å². The van der Waals surface area contributed by atoms with Crippen LogP contribution < -0.4 is 16.1 Å². The summed E-state index contributed by atoms with van der Waals surface area (Å²) in [7, 11) is 0. The van der Waals surface area contributed by atoms with Crippen molar-refractivity contribution in [2.24, 2.45) is 0 Å². The summed E-state index contributed by atoms with van der Waals surface area (Å²) in [5.74, 6) is -0.730. The van der Waals surface area contributed by atoms with Crippen LogP contribution in [0.1, 0.15) is 64.1 Å². The third kappa shape index (κ3) is 4.86. The minimum atomic E-state index is -0.405. The van der Waals surface area contributed by atoms with Crippen LogP contribution in [-0.2, 0) is 9.59 Å². The molecule has 1 aliphatic heterocycles. The summed E-state index contributed by atoms with van der Waals surface area (Å²) in [6, 6.07) is 5.75. The molecule has 2 heterocycles. The second-order valence-electron chi connectivity index (χ2n) is 7.77. The number of unbranched alkanes of at least 4 members (excludes halogenated alkanes) is 2. The summed E-state index contributed by atoms with van der Waals surface area (Å²) in [5.41, 5.74) is 7.73. The Kier molecular flexibility index (Phi) is 6.91. The molecule has 8 heteroatoms. The van der Waals surface area contributed by atoms with Crippen molar-refractivity contribution in [1.82, 2.24) is 15.8 Å². The van der Waals surface area contributed by atoms with Gasteiger partial charge in [0.2, 0.25) is 5.91 Å². The Labute approximate surface area is 181 Å². The lowest BCUT2D eigenvalue weighted by Gasteiger charge is -2.06. The van der Waals surface area contributed by atoms with Crippen LogP contribution in [0.4, 0.5) is 5.69 Å². The number of aromatic amines is 1. The average molecular weight is 425 g/mol. The number of aryl methyl sites for hydroxylation is 2. The highest BCUT2D eigenvalue weighted by Crippen LogP contribution is 2.36. The molecule has 1 aromatic heterocycles. The number of fused-ring (bicyclic) bond motifs is 1. The SMILES string of the molecule is Cc1cccc2c1/C(=C/c1[nH]c(C)c(C(=O)NCCCCCC(=O)NO)c1C)C(=O)N2. The topological polar surface area (TPSA) is 123 Å². The lowest BCUT2D eigenvalue weighted by Crippen LogP contribution is -2.25. The van der Waals surface area contributed by atoms with Crippen molar-refractivity contribution in [3.63, 3.8) is 0 Å². The van der Waals surface area contributed by atoms with Gasteiger partial charge >= 0.3 is 0 Å². The van der Waals surface area contributed by atoms with E-state index >= 15 is 0 Å². The Balaban J connectivity index is 1.69. The van der Waals surface area contributed by atoms with Crippen LogP contribution >= 0.6 is 0 Å². The molecule has 3 rings (SSSR count). The van der Waals surface area contributed by atoms with Gasteiger partial charge in [0, 0.05) is 35.6 Å². The summed E-state index contributed by atoms with van der Waals surface area (Å²) in [4.78, 5) is 39.4. The predicted molar refractivity (Wildman–Crippen MR) is 119 cm³/mol. The number of hydrogen-bond acceptors (Lipinski definition) is 4. The quantitative estimate of drug-likeness (QED) is 0.193. The third-order valence-corrected chi connectivity index (χ3v) is 5.52. The van der Waals surface area contributed by atoms with E-state index in [1.165, 1.54) is 0 Å². The largest absolute Gasteiger partial charge is 0.358 e. The first-order chi connectivity index (χ1) is 14.8. The maximum absolute atomic E-state index is 12.7. The van der Waals surface area contributed by atoms with E-state index in [2.05, 4.69) is 15.6 Å². The molecule has 164 valence electrons. The lowest BCUT2D eigenvalue weighted by atomic mass is 9.99. The average Bonchev–Trinajstić information content (AvgIpc) is 3.20. The molecule has 8 nitrogen and oxygen atoms in total. The summed E-state index contributed by atoms with van der Waals surface area (Å²) in [6.45, 7) is 6.17. The molecule has 0 spiro atoms. The first kappa shape index (κ1) is 22.3. The zero-order valence-corrected chi connectivity index (χ0v) is 18.0. The Morgan fingerprint density at radius 1 is 1.13 bits per heavy atom. The number of anilines is 1. The zero-order chi connectivity index (χ0) is 22.5. The monoisotopic (exact) mass is 424 g/mol. The number of carbonyl (C=O) groups excluding carboxylic acids is 3. The fraction of sp³-hybridized carbons (Fsp3) is 0.348. The normalized spacial score (nSPS) is 13.8. The molecule has 0 unspecified atom stereocenters. The molecule has 2 aromatic rings. The van der Waals surface area contributed by atoms with E-state index in [0.29, 0.717) is 24.1 Å². The zero-order valence-electron chi connectivity index (χ0n) is 18.0. The molecular formula is C23H28N4O4. The number of carbonyl (C=O) groups is 3. The molecule has 0 bridgehead atoms. The van der Waals surface area contributed by atoms with Crippen LogP contribution in [0.25, 0.3) is 11.6 Å². The molecular weight excluding hydrogens is 396 g/mol. The number of aromatic nitrogens is 1. The number of nitrogens with one attached hydrogen (secondary N) is 4. The number of H-pyrrole nitrogens is 1. The molecule has 0 saturated carbocycles. The lowest BCUT2D eigenvalue weighted by molar-refractivity contribution is -0.129. The highest BCUT2D eigenvalue weighted by Gasteiger charge is 2.26. The van der Waals surface area contributed by atoms with Gasteiger partial charge in [0.1, 0.15) is 0 Å². The van der Waals surface area contributed by atoms with Gasteiger partial charge in [-0.15, -0.1) is 0 Å². The van der Waals surface area contributed by atoms with Crippen LogP contribution in [-0.4, -0.2) is 34.5 Å². The van der Waals surface area contributed by atoms with Crippen molar-refractivity contribution >= 4 is 35.1 Å². The highest BCUT2D eigenvalue weighted by molar-refractivity contribution is 6.35. The van der Waals surface area contributed by atoms with Crippen LogP contribution in [0.15, 0.2) is 18.2 Å². The van der Waals surface area contributed by atoms with Gasteiger partial charge in [0.15, 0.2) is 0 Å². The van der Waals surface area contributed by atoms with E-state index in [9.17, 15) is 14.4 Å². The summed E-state index contributed by atoms with van der Waals surface area (Å²) < 4.78 is 0. The van der Waals surface area contributed by atoms with Gasteiger partial charge in [0.05, 0.1) is 11.1 Å².